The van der Waals surface area contributed by atoms with E-state index in [0.717, 1.165) is 39.1 Å². The summed E-state index contributed by atoms with van der Waals surface area (Å²) in [5.41, 5.74) is 6.18. The van der Waals surface area contributed by atoms with Gasteiger partial charge >= 0.3 is 5.97 Å². The van der Waals surface area contributed by atoms with E-state index in [1.165, 1.54) is 0 Å². The standard InChI is InChI=1S/C20H18O3/c1-13-7-8-17(23-2)11-14(13)9-15-10-16(12-20(21)22)19-6-4-3-5-18(15)19/h3-11H,12H2,1-2H3,(H,21,22)/b15-9+. The Morgan fingerprint density at radius 1 is 1.17 bits per heavy atom. The Morgan fingerprint density at radius 2 is 1.91 bits per heavy atom. The fourth-order valence-corrected chi connectivity index (χ4v) is 2.86. The minimum atomic E-state index is -0.815. The van der Waals surface area contributed by atoms with Gasteiger partial charge in [0.2, 0.25) is 0 Å². The molecule has 0 spiro atoms. The number of carbonyl (C=O) groups is 1. The SMILES string of the molecule is COc1ccc(C)c(/C=C2\C=C(CC(=O)O)c3ccccc32)c1. The van der Waals surface area contributed by atoms with Crippen molar-refractivity contribution in [3.63, 3.8) is 0 Å². The lowest BCUT2D eigenvalue weighted by molar-refractivity contribution is -0.135. The second kappa shape index (κ2) is 6.13. The summed E-state index contributed by atoms with van der Waals surface area (Å²) in [6.07, 6.45) is 4.09. The second-order valence-corrected chi connectivity index (χ2v) is 5.61. The number of aryl methyl sites for hydroxylation is 1. The highest BCUT2D eigenvalue weighted by Gasteiger charge is 2.19. The van der Waals surface area contributed by atoms with Crippen LogP contribution in [0.25, 0.3) is 17.2 Å². The van der Waals surface area contributed by atoms with E-state index < -0.39 is 5.97 Å². The lowest BCUT2D eigenvalue weighted by Crippen LogP contribution is -1.95. The minimum Gasteiger partial charge on any atom is -0.497 e. The van der Waals surface area contributed by atoms with Crippen LogP contribution in [-0.4, -0.2) is 18.2 Å². The Kier molecular flexibility index (Phi) is 4.02. The molecular weight excluding hydrogens is 288 g/mol. The Bertz CT molecular complexity index is 829. The Labute approximate surface area is 135 Å². The molecule has 116 valence electrons. The molecule has 0 atom stereocenters. The summed E-state index contributed by atoms with van der Waals surface area (Å²) in [5, 5.41) is 9.11. The average Bonchev–Trinajstić information content (AvgIpc) is 2.87. The molecule has 0 aromatic heterocycles. The van der Waals surface area contributed by atoms with Crippen molar-refractivity contribution in [2.24, 2.45) is 0 Å². The topological polar surface area (TPSA) is 46.5 Å². The van der Waals surface area contributed by atoms with Crippen LogP contribution in [0.15, 0.2) is 48.5 Å². The molecule has 1 aliphatic carbocycles. The van der Waals surface area contributed by atoms with Crippen LogP contribution in [0.3, 0.4) is 0 Å². The summed E-state index contributed by atoms with van der Waals surface area (Å²) in [7, 11) is 1.65. The first-order valence-electron chi connectivity index (χ1n) is 7.47. The van der Waals surface area contributed by atoms with E-state index in [9.17, 15) is 4.79 Å². The molecule has 0 radical (unpaired) electrons. The van der Waals surface area contributed by atoms with E-state index in [4.69, 9.17) is 9.84 Å². The van der Waals surface area contributed by atoms with Crippen molar-refractivity contribution in [3.8, 4) is 5.75 Å². The zero-order valence-corrected chi connectivity index (χ0v) is 13.2. The lowest BCUT2D eigenvalue weighted by Gasteiger charge is -2.06. The number of rotatable bonds is 4. The number of allylic oxidation sites excluding steroid dienone is 2. The van der Waals surface area contributed by atoms with E-state index >= 15 is 0 Å². The van der Waals surface area contributed by atoms with Crippen LogP contribution in [0.1, 0.15) is 28.7 Å². The predicted octanol–water partition coefficient (Wildman–Crippen LogP) is 4.42. The van der Waals surface area contributed by atoms with Gasteiger partial charge in [0, 0.05) is 0 Å². The molecule has 0 saturated heterocycles. The zero-order chi connectivity index (χ0) is 16.4. The number of methoxy groups -OCH3 is 1. The normalized spacial score (nSPS) is 14.5. The van der Waals surface area contributed by atoms with E-state index in [0.29, 0.717) is 0 Å². The van der Waals surface area contributed by atoms with E-state index in [-0.39, 0.29) is 6.42 Å². The van der Waals surface area contributed by atoms with Gasteiger partial charge in [0.1, 0.15) is 5.75 Å². The van der Waals surface area contributed by atoms with Gasteiger partial charge in [0.15, 0.2) is 0 Å². The second-order valence-electron chi connectivity index (χ2n) is 5.61. The number of fused-ring (bicyclic) bond motifs is 1. The third-order valence-corrected chi connectivity index (χ3v) is 4.05. The largest absolute Gasteiger partial charge is 0.497 e. The monoisotopic (exact) mass is 306 g/mol. The van der Waals surface area contributed by atoms with Gasteiger partial charge in [-0.15, -0.1) is 0 Å². The molecule has 23 heavy (non-hydrogen) atoms. The predicted molar refractivity (Wildman–Crippen MR) is 92.3 cm³/mol. The highest BCUT2D eigenvalue weighted by atomic mass is 16.5. The molecule has 0 fully saturated rings. The van der Waals surface area contributed by atoms with Crippen molar-refractivity contribution in [2.75, 3.05) is 7.11 Å². The lowest BCUT2D eigenvalue weighted by atomic mass is 10.00. The molecule has 0 bridgehead atoms. The van der Waals surface area contributed by atoms with Crippen molar-refractivity contribution in [1.29, 1.82) is 0 Å². The van der Waals surface area contributed by atoms with Crippen molar-refractivity contribution >= 4 is 23.2 Å². The van der Waals surface area contributed by atoms with Gasteiger partial charge in [0.05, 0.1) is 13.5 Å². The highest BCUT2D eigenvalue weighted by molar-refractivity contribution is 6.04. The molecule has 0 unspecified atom stereocenters. The summed E-state index contributed by atoms with van der Waals surface area (Å²) in [6.45, 7) is 2.05. The summed E-state index contributed by atoms with van der Waals surface area (Å²) in [6, 6.07) is 13.9. The maximum absolute atomic E-state index is 11.1. The Hall–Kier alpha value is -2.81. The van der Waals surface area contributed by atoms with E-state index in [2.05, 4.69) is 13.0 Å². The molecule has 0 aliphatic heterocycles. The van der Waals surface area contributed by atoms with Crippen LogP contribution in [-0.2, 0) is 4.79 Å². The first-order chi connectivity index (χ1) is 11.1. The molecule has 0 amide bonds. The smallest absolute Gasteiger partial charge is 0.307 e. The molecule has 0 saturated carbocycles. The Balaban J connectivity index is 2.09. The van der Waals surface area contributed by atoms with Crippen molar-refractivity contribution < 1.29 is 14.6 Å². The van der Waals surface area contributed by atoms with Gasteiger partial charge in [-0.25, -0.2) is 0 Å². The molecule has 2 aromatic carbocycles. The minimum absolute atomic E-state index is 0.0332. The number of benzene rings is 2. The average molecular weight is 306 g/mol. The number of carboxylic acids is 1. The molecule has 3 rings (SSSR count). The third-order valence-electron chi connectivity index (χ3n) is 4.05. The van der Waals surface area contributed by atoms with Gasteiger partial charge in [-0.3, -0.25) is 4.79 Å². The number of hydrogen-bond acceptors (Lipinski definition) is 2. The zero-order valence-electron chi connectivity index (χ0n) is 13.2. The molecule has 1 aliphatic rings. The molecule has 3 heteroatoms. The summed E-state index contributed by atoms with van der Waals surface area (Å²) in [5.74, 6) is -0.00617. The van der Waals surface area contributed by atoms with Crippen molar-refractivity contribution in [1.82, 2.24) is 0 Å². The van der Waals surface area contributed by atoms with Gasteiger partial charge in [-0.05, 0) is 64.6 Å². The summed E-state index contributed by atoms with van der Waals surface area (Å²) >= 11 is 0. The van der Waals surface area contributed by atoms with Crippen LogP contribution < -0.4 is 4.74 Å². The van der Waals surface area contributed by atoms with Crippen molar-refractivity contribution in [3.05, 3.63) is 70.8 Å². The summed E-state index contributed by atoms with van der Waals surface area (Å²) < 4.78 is 5.30. The fraction of sp³-hybridized carbons (Fsp3) is 0.150. The summed E-state index contributed by atoms with van der Waals surface area (Å²) in [4.78, 5) is 11.1. The number of carboxylic acid groups (broad SMARTS) is 1. The van der Waals surface area contributed by atoms with Crippen LogP contribution >= 0.6 is 0 Å². The highest BCUT2D eigenvalue weighted by Crippen LogP contribution is 2.38. The number of aliphatic carboxylic acids is 1. The third kappa shape index (κ3) is 3.04. The van der Waals surface area contributed by atoms with Crippen LogP contribution in [0.5, 0.6) is 5.75 Å². The van der Waals surface area contributed by atoms with Crippen LogP contribution in [0, 0.1) is 6.92 Å². The molecule has 0 heterocycles. The van der Waals surface area contributed by atoms with Crippen LogP contribution in [0.2, 0.25) is 0 Å². The maximum atomic E-state index is 11.1. The van der Waals surface area contributed by atoms with Gasteiger partial charge in [-0.1, -0.05) is 30.3 Å². The van der Waals surface area contributed by atoms with E-state index in [1.807, 2.05) is 48.5 Å². The molecule has 2 aromatic rings. The first-order valence-corrected chi connectivity index (χ1v) is 7.47. The molecule has 3 nitrogen and oxygen atoms in total. The molecular formula is C20H18O3. The first kappa shape index (κ1) is 15.1. The van der Waals surface area contributed by atoms with Crippen molar-refractivity contribution in [2.45, 2.75) is 13.3 Å². The molecule has 1 N–H and O–H groups in total. The quantitative estimate of drug-likeness (QED) is 0.909. The fourth-order valence-electron chi connectivity index (χ4n) is 2.86. The van der Waals surface area contributed by atoms with Gasteiger partial charge in [0.25, 0.3) is 0 Å². The number of ether oxygens (including phenoxy) is 1. The van der Waals surface area contributed by atoms with Gasteiger partial charge < -0.3 is 9.84 Å². The number of hydrogen-bond donors (Lipinski definition) is 1. The van der Waals surface area contributed by atoms with Crippen LogP contribution in [0.4, 0.5) is 0 Å². The van der Waals surface area contributed by atoms with Gasteiger partial charge in [-0.2, -0.15) is 0 Å². The maximum Gasteiger partial charge on any atom is 0.307 e. The van der Waals surface area contributed by atoms with E-state index in [1.54, 1.807) is 7.11 Å². The Morgan fingerprint density at radius 3 is 2.61 bits per heavy atom.